The van der Waals surface area contributed by atoms with E-state index in [1.807, 2.05) is 12.1 Å². The molecule has 0 amide bonds. The van der Waals surface area contributed by atoms with Crippen molar-refractivity contribution in [2.75, 3.05) is 7.11 Å². The predicted molar refractivity (Wildman–Crippen MR) is 68.5 cm³/mol. The molecule has 2 aromatic carbocycles. The lowest BCUT2D eigenvalue weighted by Crippen LogP contribution is -2.00. The first-order valence-electron chi connectivity index (χ1n) is 5.59. The van der Waals surface area contributed by atoms with Crippen LogP contribution in [-0.2, 0) is 9.53 Å². The summed E-state index contributed by atoms with van der Waals surface area (Å²) in [6, 6.07) is 12.4. The van der Waals surface area contributed by atoms with Crippen LogP contribution < -0.4 is 0 Å². The van der Waals surface area contributed by atoms with E-state index in [0.29, 0.717) is 6.42 Å². The van der Waals surface area contributed by atoms with Crippen LogP contribution in [0.1, 0.15) is 17.5 Å². The number of carbonyl (C=O) groups is 1. The van der Waals surface area contributed by atoms with E-state index in [1.165, 1.54) is 23.4 Å². The topological polar surface area (TPSA) is 26.3 Å². The fourth-order valence-electron chi connectivity index (χ4n) is 2.40. The highest BCUT2D eigenvalue weighted by Crippen LogP contribution is 2.37. The third-order valence-electron chi connectivity index (χ3n) is 3.18. The van der Waals surface area contributed by atoms with Crippen molar-refractivity contribution >= 4 is 28.4 Å². The molecule has 0 unspecified atom stereocenters. The number of benzene rings is 2. The van der Waals surface area contributed by atoms with Gasteiger partial charge in [-0.05, 0) is 33.5 Å². The van der Waals surface area contributed by atoms with E-state index >= 15 is 0 Å². The Morgan fingerprint density at radius 3 is 2.71 bits per heavy atom. The molecule has 84 valence electrons. The van der Waals surface area contributed by atoms with Gasteiger partial charge in [0.05, 0.1) is 13.5 Å². The monoisotopic (exact) mass is 224 g/mol. The van der Waals surface area contributed by atoms with Gasteiger partial charge in [-0.3, -0.25) is 4.79 Å². The lowest BCUT2D eigenvalue weighted by Gasteiger charge is -2.04. The van der Waals surface area contributed by atoms with Crippen molar-refractivity contribution in [3.63, 3.8) is 0 Å². The summed E-state index contributed by atoms with van der Waals surface area (Å²) in [4.78, 5) is 11.4. The fourth-order valence-corrected chi connectivity index (χ4v) is 2.40. The normalized spacial score (nSPS) is 12.6. The van der Waals surface area contributed by atoms with E-state index in [2.05, 4.69) is 30.3 Å². The Labute approximate surface area is 99.5 Å². The zero-order chi connectivity index (χ0) is 11.8. The molecule has 2 nitrogen and oxygen atoms in total. The summed E-state index contributed by atoms with van der Waals surface area (Å²) >= 11 is 0. The average Bonchev–Trinajstić information content (AvgIpc) is 2.70. The minimum absolute atomic E-state index is 0.193. The van der Waals surface area contributed by atoms with Gasteiger partial charge in [0, 0.05) is 0 Å². The number of carbonyl (C=O) groups excluding carboxylic acids is 1. The van der Waals surface area contributed by atoms with Crippen molar-refractivity contribution in [3.8, 4) is 0 Å². The molecule has 0 aromatic heterocycles. The zero-order valence-corrected chi connectivity index (χ0v) is 9.57. The van der Waals surface area contributed by atoms with Crippen LogP contribution in [0.3, 0.4) is 0 Å². The van der Waals surface area contributed by atoms with Gasteiger partial charge in [0.2, 0.25) is 0 Å². The molecule has 0 atom stereocenters. The average molecular weight is 224 g/mol. The third kappa shape index (κ3) is 1.53. The molecule has 17 heavy (non-hydrogen) atoms. The van der Waals surface area contributed by atoms with Gasteiger partial charge in [0.1, 0.15) is 0 Å². The van der Waals surface area contributed by atoms with Gasteiger partial charge in [-0.25, -0.2) is 0 Å². The molecule has 2 aromatic rings. The van der Waals surface area contributed by atoms with Gasteiger partial charge < -0.3 is 4.74 Å². The molecule has 3 rings (SSSR count). The third-order valence-corrected chi connectivity index (χ3v) is 3.18. The van der Waals surface area contributed by atoms with Crippen molar-refractivity contribution in [2.24, 2.45) is 0 Å². The molecule has 1 aliphatic rings. The summed E-state index contributed by atoms with van der Waals surface area (Å²) in [6.45, 7) is 0. The Hall–Kier alpha value is -2.09. The molecule has 0 bridgehead atoms. The second-order valence-corrected chi connectivity index (χ2v) is 4.17. The fraction of sp³-hybridized carbons (Fsp3) is 0.133. The highest BCUT2D eigenvalue weighted by Gasteiger charge is 2.18. The van der Waals surface area contributed by atoms with Crippen LogP contribution in [0.5, 0.6) is 0 Å². The molecule has 0 N–H and O–H groups in total. The molecule has 2 heteroatoms. The second-order valence-electron chi connectivity index (χ2n) is 4.17. The van der Waals surface area contributed by atoms with Gasteiger partial charge in [-0.1, -0.05) is 36.4 Å². The maximum Gasteiger partial charge on any atom is 0.310 e. The number of rotatable bonds is 2. The zero-order valence-electron chi connectivity index (χ0n) is 9.57. The van der Waals surface area contributed by atoms with E-state index in [9.17, 15) is 4.79 Å². The maximum atomic E-state index is 11.4. The number of esters is 1. The largest absolute Gasteiger partial charge is 0.469 e. The molecule has 0 aliphatic heterocycles. The molecule has 0 heterocycles. The standard InChI is InChI=1S/C15H12O2/c1-17-14(16)9-12-8-11-6-2-4-10-5-3-7-13(12)15(10)11/h2-8H,9H2,1H3. The summed E-state index contributed by atoms with van der Waals surface area (Å²) in [6.07, 6.45) is 2.42. The van der Waals surface area contributed by atoms with Gasteiger partial charge in [0.15, 0.2) is 0 Å². The van der Waals surface area contributed by atoms with Crippen LogP contribution in [-0.4, -0.2) is 13.1 Å². The molecule has 0 fully saturated rings. The Bertz CT molecular complexity index is 633. The molecule has 0 saturated carbocycles. The van der Waals surface area contributed by atoms with Gasteiger partial charge in [-0.2, -0.15) is 0 Å². The van der Waals surface area contributed by atoms with Crippen LogP contribution in [0.4, 0.5) is 0 Å². The van der Waals surface area contributed by atoms with Crippen LogP contribution in [0.25, 0.3) is 22.4 Å². The minimum Gasteiger partial charge on any atom is -0.469 e. The van der Waals surface area contributed by atoms with Crippen LogP contribution in [0, 0.1) is 0 Å². The van der Waals surface area contributed by atoms with Gasteiger partial charge in [-0.15, -0.1) is 0 Å². The van der Waals surface area contributed by atoms with E-state index in [1.54, 1.807) is 0 Å². The Morgan fingerprint density at radius 1 is 1.18 bits per heavy atom. The summed E-state index contributed by atoms with van der Waals surface area (Å²) < 4.78 is 4.73. The number of methoxy groups -OCH3 is 1. The molecular formula is C15H12O2. The van der Waals surface area contributed by atoms with Crippen LogP contribution in [0.2, 0.25) is 0 Å². The maximum absolute atomic E-state index is 11.4. The quantitative estimate of drug-likeness (QED) is 0.732. The highest BCUT2D eigenvalue weighted by atomic mass is 16.5. The first kappa shape index (κ1) is 10.1. The van der Waals surface area contributed by atoms with Crippen molar-refractivity contribution in [1.82, 2.24) is 0 Å². The minimum atomic E-state index is -0.193. The first-order chi connectivity index (χ1) is 8.29. The van der Waals surface area contributed by atoms with Gasteiger partial charge in [0.25, 0.3) is 0 Å². The molecule has 0 radical (unpaired) electrons. The first-order valence-corrected chi connectivity index (χ1v) is 5.59. The number of ether oxygens (including phenoxy) is 1. The Balaban J connectivity index is 2.14. The van der Waals surface area contributed by atoms with E-state index < -0.39 is 0 Å². The molecular weight excluding hydrogens is 212 g/mol. The Kier molecular flexibility index (Phi) is 2.22. The molecule has 1 aliphatic carbocycles. The molecule has 0 saturated heterocycles. The smallest absolute Gasteiger partial charge is 0.310 e. The predicted octanol–water partition coefficient (Wildman–Crippen LogP) is 3.26. The summed E-state index contributed by atoms with van der Waals surface area (Å²) in [5.74, 6) is -0.193. The highest BCUT2D eigenvalue weighted by molar-refractivity contribution is 6.11. The van der Waals surface area contributed by atoms with E-state index in [4.69, 9.17) is 4.74 Å². The van der Waals surface area contributed by atoms with Crippen molar-refractivity contribution in [1.29, 1.82) is 0 Å². The Morgan fingerprint density at radius 2 is 1.94 bits per heavy atom. The van der Waals surface area contributed by atoms with E-state index in [-0.39, 0.29) is 5.97 Å². The molecule has 0 spiro atoms. The summed E-state index contributed by atoms with van der Waals surface area (Å²) in [5.41, 5.74) is 3.39. The number of hydrogen-bond donors (Lipinski definition) is 0. The van der Waals surface area contributed by atoms with Crippen molar-refractivity contribution < 1.29 is 9.53 Å². The lowest BCUT2D eigenvalue weighted by molar-refractivity contribution is -0.139. The second kappa shape index (κ2) is 3.74. The number of hydrogen-bond acceptors (Lipinski definition) is 2. The van der Waals surface area contributed by atoms with Crippen molar-refractivity contribution in [2.45, 2.75) is 6.42 Å². The van der Waals surface area contributed by atoms with Crippen LogP contribution >= 0.6 is 0 Å². The van der Waals surface area contributed by atoms with Crippen molar-refractivity contribution in [3.05, 3.63) is 47.5 Å². The van der Waals surface area contributed by atoms with Crippen LogP contribution in [0.15, 0.2) is 36.4 Å². The lowest BCUT2D eigenvalue weighted by atomic mass is 10.0. The summed E-state index contributed by atoms with van der Waals surface area (Å²) in [7, 11) is 1.42. The summed E-state index contributed by atoms with van der Waals surface area (Å²) in [5, 5.41) is 2.46. The van der Waals surface area contributed by atoms with E-state index in [0.717, 1.165) is 11.1 Å². The SMILES string of the molecule is COC(=O)CC1=Cc2cccc3cccc1c23. The van der Waals surface area contributed by atoms with Gasteiger partial charge >= 0.3 is 5.97 Å².